The van der Waals surface area contributed by atoms with E-state index in [2.05, 4.69) is 10.6 Å². The Morgan fingerprint density at radius 3 is 2.33 bits per heavy atom. The van der Waals surface area contributed by atoms with Crippen molar-refractivity contribution < 1.29 is 19.1 Å². The zero-order valence-electron chi connectivity index (χ0n) is 15.7. The highest BCUT2D eigenvalue weighted by molar-refractivity contribution is 6.31. The molecular formula is C20H23ClN2O4. The van der Waals surface area contributed by atoms with Crippen LogP contribution in [0, 0.1) is 0 Å². The number of ether oxygens (including phenoxy) is 2. The van der Waals surface area contributed by atoms with Crippen LogP contribution in [0.15, 0.2) is 48.5 Å². The van der Waals surface area contributed by atoms with Crippen LogP contribution in [0.25, 0.3) is 0 Å². The molecule has 2 aromatic rings. The Morgan fingerprint density at radius 2 is 1.74 bits per heavy atom. The molecule has 2 rings (SSSR count). The number of hydrogen-bond acceptors (Lipinski definition) is 4. The van der Waals surface area contributed by atoms with Crippen LogP contribution in [0.3, 0.4) is 0 Å². The fourth-order valence-corrected chi connectivity index (χ4v) is 2.53. The lowest BCUT2D eigenvalue weighted by atomic mass is 10.1. The highest BCUT2D eigenvalue weighted by Gasteiger charge is 2.26. The number of amides is 2. The number of hydrogen-bond donors (Lipinski definition) is 2. The van der Waals surface area contributed by atoms with Gasteiger partial charge in [0.2, 0.25) is 0 Å². The number of benzene rings is 2. The standard InChI is InChI=1S/C20H23ClN2O4/c1-20(2,3)27-19(25)23-17(13-8-6-5-7-9-13)18(24)22-15-12-14(21)10-11-16(15)26-4/h5-12,17H,1-4H3,(H,22,24)(H,23,25). The maximum absolute atomic E-state index is 12.9. The molecule has 2 aromatic carbocycles. The predicted octanol–water partition coefficient (Wildman–Crippen LogP) is 4.55. The Morgan fingerprint density at radius 1 is 1.07 bits per heavy atom. The molecule has 144 valence electrons. The molecule has 0 aliphatic heterocycles. The van der Waals surface area contributed by atoms with Crippen molar-refractivity contribution >= 4 is 29.3 Å². The number of halogens is 1. The van der Waals surface area contributed by atoms with Crippen molar-refractivity contribution in [3.63, 3.8) is 0 Å². The summed E-state index contributed by atoms with van der Waals surface area (Å²) >= 11 is 6.01. The van der Waals surface area contributed by atoms with Gasteiger partial charge in [0.05, 0.1) is 12.8 Å². The molecule has 0 aliphatic rings. The number of anilines is 1. The molecule has 0 aromatic heterocycles. The van der Waals surface area contributed by atoms with Crippen LogP contribution in [0.2, 0.25) is 5.02 Å². The molecule has 1 atom stereocenters. The molecule has 7 heteroatoms. The van der Waals surface area contributed by atoms with E-state index in [4.69, 9.17) is 21.1 Å². The molecule has 0 spiro atoms. The second-order valence-corrected chi connectivity index (χ2v) is 7.26. The largest absolute Gasteiger partial charge is 0.495 e. The molecule has 0 bridgehead atoms. The predicted molar refractivity (Wildman–Crippen MR) is 105 cm³/mol. The number of carbonyl (C=O) groups is 2. The van der Waals surface area contributed by atoms with Gasteiger partial charge in [-0.05, 0) is 44.5 Å². The van der Waals surface area contributed by atoms with Crippen LogP contribution >= 0.6 is 11.6 Å². The molecule has 0 aliphatic carbocycles. The van der Waals surface area contributed by atoms with Crippen molar-refractivity contribution in [2.45, 2.75) is 32.4 Å². The minimum Gasteiger partial charge on any atom is -0.495 e. The molecular weight excluding hydrogens is 368 g/mol. The van der Waals surface area contributed by atoms with Crippen molar-refractivity contribution in [1.82, 2.24) is 5.32 Å². The summed E-state index contributed by atoms with van der Waals surface area (Å²) in [6.45, 7) is 5.25. The number of alkyl carbamates (subject to hydrolysis) is 1. The summed E-state index contributed by atoms with van der Waals surface area (Å²) in [5.74, 6) is 0.00413. The number of methoxy groups -OCH3 is 1. The Labute approximate surface area is 163 Å². The molecule has 0 saturated carbocycles. The van der Waals surface area contributed by atoms with Crippen molar-refractivity contribution in [1.29, 1.82) is 0 Å². The lowest BCUT2D eigenvalue weighted by Gasteiger charge is -2.24. The first-order valence-corrected chi connectivity index (χ1v) is 8.76. The van der Waals surface area contributed by atoms with Gasteiger partial charge in [-0.2, -0.15) is 0 Å². The Balaban J connectivity index is 2.27. The van der Waals surface area contributed by atoms with E-state index in [-0.39, 0.29) is 0 Å². The summed E-state index contributed by atoms with van der Waals surface area (Å²) in [7, 11) is 1.49. The summed E-state index contributed by atoms with van der Waals surface area (Å²) in [6, 6.07) is 12.8. The minimum absolute atomic E-state index is 0.405. The van der Waals surface area contributed by atoms with Gasteiger partial charge in [0.15, 0.2) is 0 Å². The van der Waals surface area contributed by atoms with Gasteiger partial charge >= 0.3 is 6.09 Å². The topological polar surface area (TPSA) is 76.7 Å². The Hall–Kier alpha value is -2.73. The molecule has 2 N–H and O–H groups in total. The van der Waals surface area contributed by atoms with Crippen molar-refractivity contribution in [3.05, 3.63) is 59.1 Å². The maximum atomic E-state index is 12.9. The number of rotatable bonds is 5. The van der Waals surface area contributed by atoms with E-state index in [1.807, 2.05) is 6.07 Å². The molecule has 0 saturated heterocycles. The fraction of sp³-hybridized carbons (Fsp3) is 0.300. The quantitative estimate of drug-likeness (QED) is 0.785. The van der Waals surface area contributed by atoms with E-state index in [0.717, 1.165) is 0 Å². The fourth-order valence-electron chi connectivity index (χ4n) is 2.35. The molecule has 2 amide bonds. The first kappa shape index (κ1) is 20.6. The average molecular weight is 391 g/mol. The van der Waals surface area contributed by atoms with Crippen LogP contribution in [0.1, 0.15) is 32.4 Å². The monoisotopic (exact) mass is 390 g/mol. The third kappa shape index (κ3) is 6.18. The molecule has 0 radical (unpaired) electrons. The van der Waals surface area contributed by atoms with E-state index in [0.29, 0.717) is 22.0 Å². The van der Waals surface area contributed by atoms with Gasteiger partial charge in [-0.15, -0.1) is 0 Å². The molecule has 0 fully saturated rings. The highest BCUT2D eigenvalue weighted by Crippen LogP contribution is 2.29. The lowest BCUT2D eigenvalue weighted by Crippen LogP contribution is -2.40. The van der Waals surface area contributed by atoms with Crippen LogP contribution in [-0.2, 0) is 9.53 Å². The van der Waals surface area contributed by atoms with E-state index < -0.39 is 23.6 Å². The minimum atomic E-state index is -0.954. The summed E-state index contributed by atoms with van der Waals surface area (Å²) in [5, 5.41) is 5.81. The zero-order chi connectivity index (χ0) is 20.0. The normalized spacial score (nSPS) is 12.0. The van der Waals surface area contributed by atoms with Gasteiger partial charge < -0.3 is 20.1 Å². The van der Waals surface area contributed by atoms with Crippen molar-refractivity contribution in [2.24, 2.45) is 0 Å². The first-order valence-electron chi connectivity index (χ1n) is 8.38. The molecule has 1 unspecified atom stereocenters. The van der Waals surface area contributed by atoms with Crippen LogP contribution in [-0.4, -0.2) is 24.7 Å². The van der Waals surface area contributed by atoms with E-state index in [1.54, 1.807) is 63.2 Å². The second-order valence-electron chi connectivity index (χ2n) is 6.82. The van der Waals surface area contributed by atoms with E-state index in [1.165, 1.54) is 7.11 Å². The van der Waals surface area contributed by atoms with Gasteiger partial charge in [-0.1, -0.05) is 41.9 Å². The zero-order valence-corrected chi connectivity index (χ0v) is 16.5. The SMILES string of the molecule is COc1ccc(Cl)cc1NC(=O)C(NC(=O)OC(C)(C)C)c1ccccc1. The average Bonchev–Trinajstić information content (AvgIpc) is 2.59. The maximum Gasteiger partial charge on any atom is 0.408 e. The van der Waals surface area contributed by atoms with Gasteiger partial charge in [0, 0.05) is 5.02 Å². The first-order chi connectivity index (χ1) is 12.7. The lowest BCUT2D eigenvalue weighted by molar-refractivity contribution is -0.118. The van der Waals surface area contributed by atoms with Crippen LogP contribution in [0.5, 0.6) is 5.75 Å². The van der Waals surface area contributed by atoms with Gasteiger partial charge in [-0.25, -0.2) is 4.79 Å². The molecule has 6 nitrogen and oxygen atoms in total. The third-order valence-corrected chi connectivity index (χ3v) is 3.71. The highest BCUT2D eigenvalue weighted by atomic mass is 35.5. The van der Waals surface area contributed by atoms with E-state index >= 15 is 0 Å². The van der Waals surface area contributed by atoms with Crippen molar-refractivity contribution in [3.8, 4) is 5.75 Å². The number of carbonyl (C=O) groups excluding carboxylic acids is 2. The summed E-state index contributed by atoms with van der Waals surface area (Å²) in [5.41, 5.74) is 0.335. The Kier molecular flexibility index (Phi) is 6.69. The van der Waals surface area contributed by atoms with Crippen LogP contribution < -0.4 is 15.4 Å². The van der Waals surface area contributed by atoms with Crippen molar-refractivity contribution in [2.75, 3.05) is 12.4 Å². The number of nitrogens with one attached hydrogen (secondary N) is 2. The molecule has 27 heavy (non-hydrogen) atoms. The van der Waals surface area contributed by atoms with Crippen LogP contribution in [0.4, 0.5) is 10.5 Å². The smallest absolute Gasteiger partial charge is 0.408 e. The third-order valence-electron chi connectivity index (χ3n) is 3.48. The van der Waals surface area contributed by atoms with Gasteiger partial charge in [0.1, 0.15) is 17.4 Å². The molecule has 0 heterocycles. The summed E-state index contributed by atoms with van der Waals surface area (Å²) in [4.78, 5) is 25.1. The summed E-state index contributed by atoms with van der Waals surface area (Å²) in [6.07, 6.45) is -0.690. The van der Waals surface area contributed by atoms with E-state index in [9.17, 15) is 9.59 Å². The Bertz CT molecular complexity index is 803. The summed E-state index contributed by atoms with van der Waals surface area (Å²) < 4.78 is 10.5. The van der Waals surface area contributed by atoms with Gasteiger partial charge in [-0.3, -0.25) is 4.79 Å². The second kappa shape index (κ2) is 8.77. The van der Waals surface area contributed by atoms with Gasteiger partial charge in [0.25, 0.3) is 5.91 Å².